The third-order valence-corrected chi connectivity index (χ3v) is 4.82. The number of halogens is 2. The Balaban J connectivity index is 1.86. The van der Waals surface area contributed by atoms with E-state index < -0.39 is 11.7 Å². The van der Waals surface area contributed by atoms with Crippen LogP contribution in [-0.2, 0) is 13.6 Å². The first-order valence-corrected chi connectivity index (χ1v) is 8.86. The Morgan fingerprint density at radius 3 is 2.82 bits per heavy atom. The van der Waals surface area contributed by atoms with Crippen LogP contribution in [0.25, 0.3) is 11.3 Å². The molecular formula is C18H17ClFN7O. The molecule has 0 saturated heterocycles. The lowest BCUT2D eigenvalue weighted by molar-refractivity contribution is 0.0963. The predicted octanol–water partition coefficient (Wildman–Crippen LogP) is 2.72. The molecule has 2 N–H and O–H groups in total. The van der Waals surface area contributed by atoms with Crippen molar-refractivity contribution in [3.05, 3.63) is 46.6 Å². The number of nitrogens with zero attached hydrogens (tertiary/aromatic N) is 5. The molecule has 10 heteroatoms. The lowest BCUT2D eigenvalue weighted by Gasteiger charge is -2.29. The highest BCUT2D eigenvalue weighted by molar-refractivity contribution is 6.30. The molecule has 1 amide bonds. The molecule has 0 radical (unpaired) electrons. The van der Waals surface area contributed by atoms with E-state index >= 15 is 0 Å². The number of hydrogen-bond donors (Lipinski definition) is 2. The van der Waals surface area contributed by atoms with Crippen molar-refractivity contribution in [2.24, 2.45) is 7.05 Å². The van der Waals surface area contributed by atoms with Crippen molar-refractivity contribution >= 4 is 34.6 Å². The molecular weight excluding hydrogens is 385 g/mol. The minimum absolute atomic E-state index is 0.0360. The van der Waals surface area contributed by atoms with Gasteiger partial charge in [-0.3, -0.25) is 4.79 Å². The van der Waals surface area contributed by atoms with E-state index in [9.17, 15) is 9.18 Å². The minimum Gasteiger partial charge on any atom is -0.366 e. The molecule has 1 aliphatic heterocycles. The van der Waals surface area contributed by atoms with Gasteiger partial charge in [-0.2, -0.15) is 15.0 Å². The third-order valence-electron chi connectivity index (χ3n) is 4.55. The number of fused-ring (bicyclic) bond motifs is 3. The molecule has 3 aromatic rings. The third kappa shape index (κ3) is 2.84. The second-order valence-corrected chi connectivity index (χ2v) is 6.76. The number of carbonyl (C=O) groups excluding carboxylic acids is 1. The van der Waals surface area contributed by atoms with Gasteiger partial charge in [0, 0.05) is 32.9 Å². The zero-order chi connectivity index (χ0) is 20.0. The van der Waals surface area contributed by atoms with Crippen LogP contribution in [0, 0.1) is 5.82 Å². The van der Waals surface area contributed by atoms with Gasteiger partial charge in [0.05, 0.1) is 29.2 Å². The zero-order valence-corrected chi connectivity index (χ0v) is 16.2. The number of hydrogen-bond acceptors (Lipinski definition) is 6. The SMILES string of the molecule is CNC(=O)c1cnc(Cl)c(F)c1Nc1cccc2c1N(C)Cc1nn(C)nc1-2. The molecule has 0 unspecified atom stereocenters. The molecule has 1 aromatic carbocycles. The fourth-order valence-corrected chi connectivity index (χ4v) is 3.48. The maximum Gasteiger partial charge on any atom is 0.254 e. The summed E-state index contributed by atoms with van der Waals surface area (Å²) >= 11 is 5.85. The summed E-state index contributed by atoms with van der Waals surface area (Å²) in [6, 6.07) is 5.57. The van der Waals surface area contributed by atoms with Crippen molar-refractivity contribution in [2.45, 2.75) is 6.54 Å². The number of carbonyl (C=O) groups is 1. The average molecular weight is 402 g/mol. The first-order valence-electron chi connectivity index (χ1n) is 8.48. The average Bonchev–Trinajstić information content (AvgIpc) is 3.05. The fourth-order valence-electron chi connectivity index (χ4n) is 3.34. The van der Waals surface area contributed by atoms with Crippen LogP contribution in [0.2, 0.25) is 5.15 Å². The molecule has 0 fully saturated rings. The number of amides is 1. The molecule has 0 saturated carbocycles. The summed E-state index contributed by atoms with van der Waals surface area (Å²) in [6.07, 6.45) is 1.24. The van der Waals surface area contributed by atoms with Gasteiger partial charge in [-0.25, -0.2) is 9.37 Å². The van der Waals surface area contributed by atoms with Crippen molar-refractivity contribution in [1.29, 1.82) is 0 Å². The van der Waals surface area contributed by atoms with Gasteiger partial charge in [-0.05, 0) is 6.07 Å². The number of benzene rings is 1. The zero-order valence-electron chi connectivity index (χ0n) is 15.4. The number of para-hydroxylation sites is 1. The number of anilines is 3. The van der Waals surface area contributed by atoms with E-state index in [1.807, 2.05) is 24.1 Å². The van der Waals surface area contributed by atoms with Crippen molar-refractivity contribution in [3.63, 3.8) is 0 Å². The van der Waals surface area contributed by atoms with E-state index in [0.29, 0.717) is 12.2 Å². The number of aromatic nitrogens is 4. The molecule has 1 aliphatic rings. The van der Waals surface area contributed by atoms with Crippen molar-refractivity contribution in [3.8, 4) is 11.3 Å². The molecule has 144 valence electrons. The number of rotatable bonds is 3. The Morgan fingerprint density at radius 2 is 2.07 bits per heavy atom. The second kappa shape index (κ2) is 6.75. The van der Waals surface area contributed by atoms with E-state index in [1.54, 1.807) is 13.1 Å². The molecule has 0 spiro atoms. The van der Waals surface area contributed by atoms with Crippen LogP contribution in [0.5, 0.6) is 0 Å². The number of nitrogens with one attached hydrogen (secondary N) is 2. The van der Waals surface area contributed by atoms with Crippen LogP contribution in [0.15, 0.2) is 24.4 Å². The Kier molecular flexibility index (Phi) is 4.38. The van der Waals surface area contributed by atoms with Gasteiger partial charge in [0.1, 0.15) is 11.4 Å². The van der Waals surface area contributed by atoms with Gasteiger partial charge < -0.3 is 15.5 Å². The standard InChI is InChI=1S/C18H17ClFN7O/c1-21-18(28)10-7-22-17(19)13(20)15(10)23-11-6-4-5-9-14-12(24-27(3)25-14)8-26(2)16(9)11/h4-7H,8H2,1-3H3,(H,21,28)(H,22,23). The lowest BCUT2D eigenvalue weighted by Crippen LogP contribution is -2.23. The van der Waals surface area contributed by atoms with Gasteiger partial charge in [0.2, 0.25) is 0 Å². The molecule has 2 aromatic heterocycles. The summed E-state index contributed by atoms with van der Waals surface area (Å²) in [5.41, 5.74) is 3.96. The van der Waals surface area contributed by atoms with Gasteiger partial charge in [-0.1, -0.05) is 23.7 Å². The predicted molar refractivity (Wildman–Crippen MR) is 104 cm³/mol. The second-order valence-electron chi connectivity index (χ2n) is 6.40. The topological polar surface area (TPSA) is 88.0 Å². The Bertz CT molecular complexity index is 1100. The quantitative estimate of drug-likeness (QED) is 0.656. The summed E-state index contributed by atoms with van der Waals surface area (Å²) < 4.78 is 14.7. The van der Waals surface area contributed by atoms with Crippen LogP contribution < -0.4 is 15.5 Å². The molecule has 0 bridgehead atoms. The highest BCUT2D eigenvalue weighted by atomic mass is 35.5. The van der Waals surface area contributed by atoms with Crippen LogP contribution >= 0.6 is 11.6 Å². The highest BCUT2D eigenvalue weighted by Gasteiger charge is 2.27. The summed E-state index contributed by atoms with van der Waals surface area (Å²) in [7, 11) is 5.15. The largest absolute Gasteiger partial charge is 0.366 e. The Labute approximate surface area is 165 Å². The maximum atomic E-state index is 14.7. The molecule has 0 aliphatic carbocycles. The first-order chi connectivity index (χ1) is 13.4. The van der Waals surface area contributed by atoms with Crippen LogP contribution in [0.1, 0.15) is 16.1 Å². The maximum absolute atomic E-state index is 14.7. The monoisotopic (exact) mass is 401 g/mol. The summed E-state index contributed by atoms with van der Waals surface area (Å²) in [4.78, 5) is 19.4. The molecule has 8 nitrogen and oxygen atoms in total. The van der Waals surface area contributed by atoms with E-state index in [2.05, 4.69) is 25.8 Å². The van der Waals surface area contributed by atoms with Crippen LogP contribution in [0.4, 0.5) is 21.5 Å². The van der Waals surface area contributed by atoms with Crippen LogP contribution in [0.3, 0.4) is 0 Å². The van der Waals surface area contributed by atoms with Crippen molar-refractivity contribution in [1.82, 2.24) is 25.3 Å². The molecule has 28 heavy (non-hydrogen) atoms. The molecule has 3 heterocycles. The first kappa shape index (κ1) is 18.2. The normalized spacial score (nSPS) is 12.4. The summed E-state index contributed by atoms with van der Waals surface area (Å²) in [6.45, 7) is 0.552. The highest BCUT2D eigenvalue weighted by Crippen LogP contribution is 2.43. The van der Waals surface area contributed by atoms with E-state index in [4.69, 9.17) is 11.6 Å². The van der Waals surface area contributed by atoms with Gasteiger partial charge in [0.15, 0.2) is 11.0 Å². The van der Waals surface area contributed by atoms with Gasteiger partial charge in [0.25, 0.3) is 5.91 Å². The molecule has 4 rings (SSSR count). The fraction of sp³-hybridized carbons (Fsp3) is 0.222. The van der Waals surface area contributed by atoms with Gasteiger partial charge >= 0.3 is 0 Å². The van der Waals surface area contributed by atoms with E-state index in [-0.39, 0.29) is 16.4 Å². The lowest BCUT2D eigenvalue weighted by atomic mass is 10.0. The molecule has 0 atom stereocenters. The minimum atomic E-state index is -0.793. The van der Waals surface area contributed by atoms with Gasteiger partial charge in [-0.15, -0.1) is 0 Å². The number of pyridine rings is 1. The van der Waals surface area contributed by atoms with Crippen molar-refractivity contribution < 1.29 is 9.18 Å². The number of aryl methyl sites for hydroxylation is 1. The Morgan fingerprint density at radius 1 is 1.29 bits per heavy atom. The summed E-state index contributed by atoms with van der Waals surface area (Å²) in [5, 5.41) is 14.0. The van der Waals surface area contributed by atoms with Crippen molar-refractivity contribution in [2.75, 3.05) is 24.3 Å². The van der Waals surface area contributed by atoms with E-state index in [0.717, 1.165) is 22.6 Å². The smallest absolute Gasteiger partial charge is 0.254 e. The summed E-state index contributed by atoms with van der Waals surface area (Å²) in [5.74, 6) is -1.26. The Hall–Kier alpha value is -3.20. The van der Waals surface area contributed by atoms with E-state index in [1.165, 1.54) is 18.0 Å². The van der Waals surface area contributed by atoms with Crippen LogP contribution in [-0.4, -0.2) is 40.0 Å².